The molecule has 0 spiro atoms. The lowest BCUT2D eigenvalue weighted by Gasteiger charge is -2.21. The van der Waals surface area contributed by atoms with Crippen LogP contribution in [0.5, 0.6) is 0 Å². The molecule has 1 aliphatic heterocycles. The highest BCUT2D eigenvalue weighted by molar-refractivity contribution is 6.30. The van der Waals surface area contributed by atoms with Gasteiger partial charge in [0.2, 0.25) is 0 Å². The van der Waals surface area contributed by atoms with Crippen LogP contribution in [0.1, 0.15) is 18.2 Å². The van der Waals surface area contributed by atoms with Crippen LogP contribution in [0.3, 0.4) is 0 Å². The van der Waals surface area contributed by atoms with E-state index in [1.807, 2.05) is 0 Å². The first-order valence-electron chi connectivity index (χ1n) is 3.95. The summed E-state index contributed by atoms with van der Waals surface area (Å²) in [6.07, 6.45) is -0.284. The van der Waals surface area contributed by atoms with Gasteiger partial charge in [0.05, 0.1) is 0 Å². The number of fused-ring (bicyclic) bond motifs is 1. The van der Waals surface area contributed by atoms with Crippen molar-refractivity contribution in [3.63, 3.8) is 0 Å². The van der Waals surface area contributed by atoms with E-state index in [1.54, 1.807) is 18.2 Å². The standard InChI is InChI=1S/C9H9ClFN/c10-6-1-2-7-8(11)3-4-12-9(7)5-6/h1-2,5,8,12H,3-4H2. The number of hydrogen-bond acceptors (Lipinski definition) is 1. The first kappa shape index (κ1) is 7.87. The largest absolute Gasteiger partial charge is 0.385 e. The van der Waals surface area contributed by atoms with E-state index in [9.17, 15) is 4.39 Å². The zero-order valence-electron chi connectivity index (χ0n) is 6.48. The van der Waals surface area contributed by atoms with Crippen LogP contribution < -0.4 is 5.32 Å². The fraction of sp³-hybridized carbons (Fsp3) is 0.333. The quantitative estimate of drug-likeness (QED) is 0.655. The molecule has 64 valence electrons. The second-order valence-corrected chi connectivity index (χ2v) is 3.35. The maximum absolute atomic E-state index is 13.2. The van der Waals surface area contributed by atoms with Crippen LogP contribution in [0, 0.1) is 0 Å². The molecule has 0 aromatic heterocycles. The second kappa shape index (κ2) is 2.94. The summed E-state index contributed by atoms with van der Waals surface area (Å²) in [7, 11) is 0. The topological polar surface area (TPSA) is 12.0 Å². The van der Waals surface area contributed by atoms with E-state index < -0.39 is 6.17 Å². The molecule has 1 N–H and O–H groups in total. The fourth-order valence-corrected chi connectivity index (χ4v) is 1.62. The normalized spacial score (nSPS) is 21.3. The minimum atomic E-state index is -0.835. The van der Waals surface area contributed by atoms with Gasteiger partial charge in [0.1, 0.15) is 6.17 Å². The Morgan fingerprint density at radius 3 is 3.17 bits per heavy atom. The highest BCUT2D eigenvalue weighted by atomic mass is 35.5. The average Bonchev–Trinajstić information content (AvgIpc) is 2.04. The number of rotatable bonds is 0. The highest BCUT2D eigenvalue weighted by Crippen LogP contribution is 2.33. The summed E-state index contributed by atoms with van der Waals surface area (Å²) in [6, 6.07) is 5.23. The van der Waals surface area contributed by atoms with Crippen molar-refractivity contribution in [2.45, 2.75) is 12.6 Å². The summed E-state index contributed by atoms with van der Waals surface area (Å²) < 4.78 is 13.2. The summed E-state index contributed by atoms with van der Waals surface area (Å²) in [4.78, 5) is 0. The number of nitrogens with one attached hydrogen (secondary N) is 1. The molecule has 1 aliphatic rings. The molecule has 3 heteroatoms. The first-order valence-corrected chi connectivity index (χ1v) is 4.32. The molecule has 1 nitrogen and oxygen atoms in total. The summed E-state index contributed by atoms with van der Waals surface area (Å²) in [5, 5.41) is 3.76. The van der Waals surface area contributed by atoms with E-state index in [1.165, 1.54) is 0 Å². The minimum Gasteiger partial charge on any atom is -0.385 e. The number of halogens is 2. The zero-order chi connectivity index (χ0) is 8.55. The third-order valence-electron chi connectivity index (χ3n) is 2.07. The van der Waals surface area contributed by atoms with Gasteiger partial charge in [-0.15, -0.1) is 0 Å². The van der Waals surface area contributed by atoms with Gasteiger partial charge in [-0.05, 0) is 12.1 Å². The molecule has 1 aromatic carbocycles. The maximum Gasteiger partial charge on any atom is 0.129 e. The smallest absolute Gasteiger partial charge is 0.129 e. The van der Waals surface area contributed by atoms with Gasteiger partial charge in [-0.1, -0.05) is 17.7 Å². The van der Waals surface area contributed by atoms with Gasteiger partial charge in [-0.2, -0.15) is 0 Å². The van der Waals surface area contributed by atoms with Gasteiger partial charge in [0.25, 0.3) is 0 Å². The van der Waals surface area contributed by atoms with Crippen LogP contribution in [0.25, 0.3) is 0 Å². The van der Waals surface area contributed by atoms with Crippen LogP contribution in [-0.2, 0) is 0 Å². The lowest BCUT2D eigenvalue weighted by Crippen LogP contribution is -2.13. The molecule has 1 aromatic rings. The number of alkyl halides is 1. The fourth-order valence-electron chi connectivity index (χ4n) is 1.44. The number of hydrogen-bond donors (Lipinski definition) is 1. The van der Waals surface area contributed by atoms with Crippen LogP contribution in [0.2, 0.25) is 5.02 Å². The predicted molar refractivity (Wildman–Crippen MR) is 48.4 cm³/mol. The molecule has 0 amide bonds. The second-order valence-electron chi connectivity index (χ2n) is 2.91. The molecule has 1 heterocycles. The van der Waals surface area contributed by atoms with E-state index in [0.717, 1.165) is 11.3 Å². The molecule has 0 saturated heterocycles. The minimum absolute atomic E-state index is 0.550. The van der Waals surface area contributed by atoms with E-state index >= 15 is 0 Å². The zero-order valence-corrected chi connectivity index (χ0v) is 7.24. The summed E-state index contributed by atoms with van der Waals surface area (Å²) in [6.45, 7) is 0.689. The Morgan fingerprint density at radius 1 is 1.50 bits per heavy atom. The molecule has 0 saturated carbocycles. The average molecular weight is 186 g/mol. The predicted octanol–water partition coefficient (Wildman–Crippen LogP) is 3.17. The van der Waals surface area contributed by atoms with Crippen LogP contribution in [-0.4, -0.2) is 6.54 Å². The molecular formula is C9H9ClFN. The number of anilines is 1. The van der Waals surface area contributed by atoms with Crippen molar-refractivity contribution in [3.05, 3.63) is 28.8 Å². The van der Waals surface area contributed by atoms with Crippen molar-refractivity contribution in [2.75, 3.05) is 11.9 Å². The summed E-state index contributed by atoms with van der Waals surface area (Å²) in [5.41, 5.74) is 1.56. The SMILES string of the molecule is FC1CCNc2cc(Cl)ccc21. The Balaban J connectivity index is 2.46. The van der Waals surface area contributed by atoms with Crippen LogP contribution in [0.15, 0.2) is 18.2 Å². The van der Waals surface area contributed by atoms with Crippen molar-refractivity contribution in [1.29, 1.82) is 0 Å². The van der Waals surface area contributed by atoms with E-state index in [4.69, 9.17) is 11.6 Å². The molecule has 1 atom stereocenters. The highest BCUT2D eigenvalue weighted by Gasteiger charge is 2.18. The van der Waals surface area contributed by atoms with Gasteiger partial charge in [-0.3, -0.25) is 0 Å². The molecule has 0 bridgehead atoms. The molecule has 0 fully saturated rings. The van der Waals surface area contributed by atoms with Crippen molar-refractivity contribution in [1.82, 2.24) is 0 Å². The molecule has 0 radical (unpaired) electrons. The van der Waals surface area contributed by atoms with E-state index in [2.05, 4.69) is 5.32 Å². The van der Waals surface area contributed by atoms with Crippen molar-refractivity contribution >= 4 is 17.3 Å². The van der Waals surface area contributed by atoms with Crippen molar-refractivity contribution < 1.29 is 4.39 Å². The molecule has 1 unspecified atom stereocenters. The Kier molecular flexibility index (Phi) is 1.93. The lowest BCUT2D eigenvalue weighted by molar-refractivity contribution is 0.325. The Hall–Kier alpha value is -0.760. The Bertz CT molecular complexity index is 301. The third kappa shape index (κ3) is 1.27. The maximum atomic E-state index is 13.2. The summed E-state index contributed by atoms with van der Waals surface area (Å²) >= 11 is 5.76. The Labute approximate surface area is 75.5 Å². The lowest BCUT2D eigenvalue weighted by atomic mass is 10.0. The molecule has 0 aliphatic carbocycles. The third-order valence-corrected chi connectivity index (χ3v) is 2.30. The van der Waals surface area contributed by atoms with Gasteiger partial charge in [0, 0.05) is 29.2 Å². The van der Waals surface area contributed by atoms with Crippen molar-refractivity contribution in [3.8, 4) is 0 Å². The molecular weight excluding hydrogens is 177 g/mol. The van der Waals surface area contributed by atoms with E-state index in [-0.39, 0.29) is 0 Å². The molecule has 2 rings (SSSR count). The van der Waals surface area contributed by atoms with Gasteiger partial charge < -0.3 is 5.32 Å². The Morgan fingerprint density at radius 2 is 2.33 bits per heavy atom. The van der Waals surface area contributed by atoms with Gasteiger partial charge >= 0.3 is 0 Å². The molecule has 12 heavy (non-hydrogen) atoms. The van der Waals surface area contributed by atoms with Gasteiger partial charge in [0.15, 0.2) is 0 Å². The van der Waals surface area contributed by atoms with Crippen LogP contribution in [0.4, 0.5) is 10.1 Å². The summed E-state index contributed by atoms with van der Waals surface area (Å²) in [5.74, 6) is 0. The van der Waals surface area contributed by atoms with Crippen LogP contribution >= 0.6 is 11.6 Å². The monoisotopic (exact) mass is 185 g/mol. The van der Waals surface area contributed by atoms with E-state index in [0.29, 0.717) is 18.0 Å². The van der Waals surface area contributed by atoms with Crippen molar-refractivity contribution in [2.24, 2.45) is 0 Å². The first-order chi connectivity index (χ1) is 5.77. The van der Waals surface area contributed by atoms with Gasteiger partial charge in [-0.25, -0.2) is 4.39 Å². The number of benzene rings is 1.